The number of thioether (sulfide) groups is 2. The number of rotatable bonds is 1. The lowest BCUT2D eigenvalue weighted by atomic mass is 10.1. The van der Waals surface area contributed by atoms with Crippen LogP contribution in [0.3, 0.4) is 0 Å². The predicted molar refractivity (Wildman–Crippen MR) is 56.4 cm³/mol. The Kier molecular flexibility index (Phi) is 2.92. The molecule has 0 bridgehead atoms. The molecule has 2 atom stereocenters. The third-order valence-corrected chi connectivity index (χ3v) is 5.16. The quantitative estimate of drug-likeness (QED) is 0.628. The fourth-order valence-corrected chi connectivity index (χ4v) is 3.53. The Bertz CT molecular complexity index is 167. The van der Waals surface area contributed by atoms with Gasteiger partial charge in [0, 0.05) is 0 Å². The molecule has 1 aliphatic rings. The van der Waals surface area contributed by atoms with Gasteiger partial charge in [-0.15, -0.1) is 11.8 Å². The van der Waals surface area contributed by atoms with Crippen molar-refractivity contribution in [3.8, 4) is 0 Å². The molecule has 0 N–H and O–H groups in total. The van der Waals surface area contributed by atoms with E-state index >= 15 is 0 Å². The molecule has 0 saturated heterocycles. The molecule has 0 saturated carbocycles. The van der Waals surface area contributed by atoms with Gasteiger partial charge in [-0.05, 0) is 19.8 Å². The van der Waals surface area contributed by atoms with E-state index in [1.165, 1.54) is 0 Å². The summed E-state index contributed by atoms with van der Waals surface area (Å²) in [7, 11) is 0. The molecule has 0 radical (unpaired) electrons. The lowest BCUT2D eigenvalue weighted by Gasteiger charge is -2.35. The molecular weight excluding hydrogens is 174 g/mol. The largest absolute Gasteiger partial charge is 0.272 e. The molecule has 0 aromatic rings. The molecule has 0 aromatic carbocycles. The summed E-state index contributed by atoms with van der Waals surface area (Å²) in [4.78, 5) is 4.31. The summed E-state index contributed by atoms with van der Waals surface area (Å²) in [6.45, 7) is 8.99. The van der Waals surface area contributed by atoms with Crippen LogP contribution in [0.2, 0.25) is 0 Å². The molecule has 1 nitrogen and oxygen atoms in total. The zero-order valence-corrected chi connectivity index (χ0v) is 9.13. The van der Waals surface area contributed by atoms with E-state index in [1.54, 1.807) is 0 Å². The van der Waals surface area contributed by atoms with Gasteiger partial charge in [-0.2, -0.15) is 0 Å². The lowest BCUT2D eigenvalue weighted by Crippen LogP contribution is -2.27. The minimum absolute atomic E-state index is 0.334. The SMILES string of the molecule is CC1N=CSC(C)(C(C)C)S1. The van der Waals surface area contributed by atoms with Gasteiger partial charge in [-0.1, -0.05) is 25.6 Å². The van der Waals surface area contributed by atoms with Crippen molar-refractivity contribution >= 4 is 29.1 Å². The molecule has 0 aromatic heterocycles. The zero-order valence-electron chi connectivity index (χ0n) is 7.50. The van der Waals surface area contributed by atoms with Gasteiger partial charge < -0.3 is 0 Å². The van der Waals surface area contributed by atoms with Gasteiger partial charge in [0.15, 0.2) is 0 Å². The zero-order chi connectivity index (χ0) is 8.48. The van der Waals surface area contributed by atoms with Crippen molar-refractivity contribution in [3.05, 3.63) is 0 Å². The molecular formula is C8H15NS2. The highest BCUT2D eigenvalue weighted by atomic mass is 32.2. The normalized spacial score (nSPS) is 38.1. The first-order valence-electron chi connectivity index (χ1n) is 3.92. The third-order valence-electron chi connectivity index (χ3n) is 2.01. The highest BCUT2D eigenvalue weighted by Gasteiger charge is 2.33. The summed E-state index contributed by atoms with van der Waals surface area (Å²) < 4.78 is 0.334. The number of hydrogen-bond acceptors (Lipinski definition) is 3. The molecule has 3 heteroatoms. The number of nitrogens with zero attached hydrogens (tertiary/aromatic N) is 1. The van der Waals surface area contributed by atoms with Crippen LogP contribution in [0.1, 0.15) is 27.7 Å². The van der Waals surface area contributed by atoms with Crippen LogP contribution in [0.4, 0.5) is 0 Å². The maximum absolute atomic E-state index is 4.31. The molecule has 11 heavy (non-hydrogen) atoms. The van der Waals surface area contributed by atoms with Crippen LogP contribution in [0.5, 0.6) is 0 Å². The van der Waals surface area contributed by atoms with Crippen LogP contribution in [0.15, 0.2) is 4.99 Å². The summed E-state index contributed by atoms with van der Waals surface area (Å²) in [5.41, 5.74) is 2.00. The van der Waals surface area contributed by atoms with E-state index in [2.05, 4.69) is 32.7 Å². The van der Waals surface area contributed by atoms with Gasteiger partial charge >= 0.3 is 0 Å². The molecule has 0 fully saturated rings. The Morgan fingerprint density at radius 2 is 2.18 bits per heavy atom. The van der Waals surface area contributed by atoms with Crippen molar-refractivity contribution in [2.45, 2.75) is 37.1 Å². The minimum atomic E-state index is 0.334. The molecule has 0 spiro atoms. The van der Waals surface area contributed by atoms with Crippen molar-refractivity contribution in [1.29, 1.82) is 0 Å². The topological polar surface area (TPSA) is 12.4 Å². The van der Waals surface area contributed by atoms with E-state index in [9.17, 15) is 0 Å². The van der Waals surface area contributed by atoms with E-state index < -0.39 is 0 Å². The van der Waals surface area contributed by atoms with E-state index in [-0.39, 0.29) is 0 Å². The first-order chi connectivity index (χ1) is 5.04. The van der Waals surface area contributed by atoms with Crippen molar-refractivity contribution in [2.24, 2.45) is 10.9 Å². The number of aliphatic imine (C=N–C) groups is 1. The van der Waals surface area contributed by atoms with E-state index in [4.69, 9.17) is 0 Å². The van der Waals surface area contributed by atoms with Crippen LogP contribution < -0.4 is 0 Å². The second-order valence-electron chi connectivity index (χ2n) is 3.26. The molecule has 1 rings (SSSR count). The molecule has 0 aliphatic carbocycles. The van der Waals surface area contributed by atoms with Crippen LogP contribution in [0.25, 0.3) is 0 Å². The van der Waals surface area contributed by atoms with Crippen LogP contribution in [0, 0.1) is 5.92 Å². The second-order valence-corrected chi connectivity index (χ2v) is 6.58. The summed E-state index contributed by atoms with van der Waals surface area (Å²) in [6, 6.07) is 0. The summed E-state index contributed by atoms with van der Waals surface area (Å²) in [6.07, 6.45) is 0. The number of hydrogen-bond donors (Lipinski definition) is 0. The predicted octanol–water partition coefficient (Wildman–Crippen LogP) is 3.21. The van der Waals surface area contributed by atoms with Gasteiger partial charge in [-0.25, -0.2) is 0 Å². The Hall–Kier alpha value is 0.370. The summed E-state index contributed by atoms with van der Waals surface area (Å²) >= 11 is 3.81. The Labute approximate surface area is 77.4 Å². The Morgan fingerprint density at radius 3 is 2.55 bits per heavy atom. The first kappa shape index (κ1) is 9.46. The van der Waals surface area contributed by atoms with Crippen molar-refractivity contribution in [3.63, 3.8) is 0 Å². The van der Waals surface area contributed by atoms with E-state index in [0.29, 0.717) is 15.4 Å². The average Bonchev–Trinajstić information content (AvgIpc) is 1.86. The Balaban J connectivity index is 2.67. The van der Waals surface area contributed by atoms with Crippen molar-refractivity contribution in [1.82, 2.24) is 0 Å². The highest BCUT2D eigenvalue weighted by molar-refractivity contribution is 8.25. The smallest absolute Gasteiger partial charge is 0.0943 e. The Morgan fingerprint density at radius 1 is 1.55 bits per heavy atom. The minimum Gasteiger partial charge on any atom is -0.272 e. The second kappa shape index (κ2) is 3.40. The monoisotopic (exact) mass is 189 g/mol. The van der Waals surface area contributed by atoms with E-state index in [0.717, 1.165) is 0 Å². The fraction of sp³-hybridized carbons (Fsp3) is 0.875. The molecule has 1 aliphatic heterocycles. The summed E-state index contributed by atoms with van der Waals surface area (Å²) in [5, 5.41) is 0.434. The van der Waals surface area contributed by atoms with Crippen LogP contribution >= 0.6 is 23.5 Å². The highest BCUT2D eigenvalue weighted by Crippen LogP contribution is 2.46. The first-order valence-corrected chi connectivity index (χ1v) is 5.68. The molecule has 1 heterocycles. The van der Waals surface area contributed by atoms with Crippen molar-refractivity contribution < 1.29 is 0 Å². The van der Waals surface area contributed by atoms with Gasteiger partial charge in [0.2, 0.25) is 0 Å². The van der Waals surface area contributed by atoms with Gasteiger partial charge in [0.25, 0.3) is 0 Å². The maximum Gasteiger partial charge on any atom is 0.0943 e. The third kappa shape index (κ3) is 2.15. The van der Waals surface area contributed by atoms with Gasteiger partial charge in [-0.3, -0.25) is 4.99 Å². The van der Waals surface area contributed by atoms with Crippen molar-refractivity contribution in [2.75, 3.05) is 0 Å². The van der Waals surface area contributed by atoms with Gasteiger partial charge in [0.1, 0.15) is 0 Å². The van der Waals surface area contributed by atoms with Crippen LogP contribution in [-0.2, 0) is 0 Å². The van der Waals surface area contributed by atoms with E-state index in [1.807, 2.05) is 29.1 Å². The molecule has 2 unspecified atom stereocenters. The lowest BCUT2D eigenvalue weighted by molar-refractivity contribution is 0.603. The maximum atomic E-state index is 4.31. The summed E-state index contributed by atoms with van der Waals surface area (Å²) in [5.74, 6) is 0.701. The van der Waals surface area contributed by atoms with Gasteiger partial charge in [0.05, 0.1) is 15.0 Å². The van der Waals surface area contributed by atoms with Crippen LogP contribution in [-0.4, -0.2) is 15.0 Å². The standard InChI is InChI=1S/C8H15NS2/c1-6(2)8(4)10-5-9-7(3)11-8/h5-7H,1-4H3. The molecule has 64 valence electrons. The fourth-order valence-electron chi connectivity index (χ4n) is 0.890. The average molecular weight is 189 g/mol. The molecule has 0 amide bonds.